The van der Waals surface area contributed by atoms with Crippen molar-refractivity contribution in [3.63, 3.8) is 0 Å². The minimum absolute atomic E-state index is 0. The third-order valence-corrected chi connectivity index (χ3v) is 14.5. The van der Waals surface area contributed by atoms with Crippen molar-refractivity contribution >= 4 is 76.5 Å². The van der Waals surface area contributed by atoms with Crippen LogP contribution in [0.15, 0.2) is 170 Å². The first kappa shape index (κ1) is 39.1. The Hall–Kier alpha value is -7.33. The van der Waals surface area contributed by atoms with Gasteiger partial charge in [-0.05, 0) is 136 Å². The van der Waals surface area contributed by atoms with E-state index in [9.17, 15) is 2.74 Å². The summed E-state index contributed by atoms with van der Waals surface area (Å²) in [5, 5.41) is 6.75. The van der Waals surface area contributed by atoms with Gasteiger partial charge < -0.3 is 18.8 Å². The van der Waals surface area contributed by atoms with Gasteiger partial charge in [-0.1, -0.05) is 202 Å². The van der Waals surface area contributed by atoms with Crippen molar-refractivity contribution in [2.45, 2.75) is 98.6 Å². The average molecular weight is 1180 g/mol. The van der Waals surface area contributed by atoms with E-state index in [1.165, 1.54) is 12.1 Å². The summed E-state index contributed by atoms with van der Waals surface area (Å²) < 4.78 is 111. The summed E-state index contributed by atoms with van der Waals surface area (Å²) in [4.78, 5) is 6.88. The molecular weight excluding hydrogens is 1110 g/mol. The van der Waals surface area contributed by atoms with Gasteiger partial charge in [-0.2, -0.15) is 12.1 Å². The van der Waals surface area contributed by atoms with Gasteiger partial charge in [0.1, 0.15) is 5.82 Å². The molecule has 4 heterocycles. The number of hydrogen-bond donors (Lipinski definition) is 0. The van der Waals surface area contributed by atoms with E-state index in [2.05, 4.69) is 73.9 Å². The Bertz CT molecular complexity index is 4580. The number of hydrogen-bond acceptors (Lipinski definition) is 3. The van der Waals surface area contributed by atoms with Gasteiger partial charge in [0.2, 0.25) is 0 Å². The molecule has 0 atom stereocenters. The molecule has 3 aromatic heterocycles. The molecule has 0 amide bonds. The zero-order chi connectivity index (χ0) is 61.4. The van der Waals surface area contributed by atoms with E-state index >= 15 is 0 Å². The topological polar surface area (TPSA) is 35.2 Å². The van der Waals surface area contributed by atoms with Crippen LogP contribution in [0, 0.1) is 24.7 Å². The van der Waals surface area contributed by atoms with E-state index < -0.39 is 43.7 Å². The number of nitrogens with zero attached hydrogens (tertiary/aromatic N) is 4. The molecule has 8 aromatic carbocycles. The van der Waals surface area contributed by atoms with Crippen LogP contribution in [-0.2, 0) is 43.7 Å². The molecule has 6 heteroatoms. The fourth-order valence-electron chi connectivity index (χ4n) is 10.8. The van der Waals surface area contributed by atoms with Crippen LogP contribution in [-0.4, -0.2) is 14.1 Å². The molecule has 76 heavy (non-hydrogen) atoms. The van der Waals surface area contributed by atoms with Crippen molar-refractivity contribution in [3.8, 4) is 28.4 Å². The van der Waals surface area contributed by atoms with E-state index in [-0.39, 0.29) is 32.0 Å². The summed E-state index contributed by atoms with van der Waals surface area (Å²) in [7, 11) is 0. The standard InChI is InChI=1S/C70H65N4O.Pt/c1-44(2)36-45-30-32-53(46-37-48(69(6,7)8)39-49(38-46)70(9,10)11)67-65(45)59-26-15-14-23-55(59)54-22-12-13-24-56(54)60-27-19-29-62-66(60)73(67)43-72(62)50-20-18-21-51(41-50)75-52-31-33-58-57-25-16-17-28-61(57)74(63(58)42-52)64-40-47(34-35-71-64)68(3,4)5;/h12-35,37-40,43-44H,36H2,1-11H3;/q-3;/i6D3,7D3,8D3,36D2;. The van der Waals surface area contributed by atoms with E-state index in [1.54, 1.807) is 12.1 Å². The molecule has 0 fully saturated rings. The normalized spacial score (nSPS) is 15.6. The predicted molar refractivity (Wildman–Crippen MR) is 317 cm³/mol. The van der Waals surface area contributed by atoms with Crippen LogP contribution in [0.2, 0.25) is 0 Å². The molecule has 5 nitrogen and oxygen atoms in total. The summed E-state index contributed by atoms with van der Waals surface area (Å²) in [6, 6.07) is 59.6. The molecule has 0 aliphatic carbocycles. The molecule has 0 saturated carbocycles. The average Bonchev–Trinajstić information content (AvgIpc) is 1.51. The molecule has 11 aromatic rings. The summed E-state index contributed by atoms with van der Waals surface area (Å²) in [5.74, 6) is 1.09. The fraction of sp³-hybridized carbons (Fsp3) is 0.229. The van der Waals surface area contributed by atoms with Crippen molar-refractivity contribution < 1.29 is 40.9 Å². The van der Waals surface area contributed by atoms with Crippen LogP contribution in [0.5, 0.6) is 11.5 Å². The second kappa shape index (κ2) is 19.0. The molecule has 384 valence electrons. The van der Waals surface area contributed by atoms with Crippen molar-refractivity contribution in [2.24, 2.45) is 5.92 Å². The van der Waals surface area contributed by atoms with Crippen molar-refractivity contribution in [1.29, 1.82) is 0 Å². The molecule has 0 saturated heterocycles. The second-order valence-electron chi connectivity index (χ2n) is 22.2. The first-order chi connectivity index (χ1) is 40.4. The summed E-state index contributed by atoms with van der Waals surface area (Å²) in [5.41, 5.74) is 2.58. The van der Waals surface area contributed by atoms with Gasteiger partial charge in [0.05, 0.1) is 0 Å². The van der Waals surface area contributed by atoms with Gasteiger partial charge in [0.25, 0.3) is 0 Å². The van der Waals surface area contributed by atoms with E-state index in [4.69, 9.17) is 22.1 Å². The largest absolute Gasteiger partial charge is 0.509 e. The Morgan fingerprint density at radius 3 is 1.93 bits per heavy atom. The fourth-order valence-corrected chi connectivity index (χ4v) is 10.8. The Labute approximate surface area is 478 Å². The van der Waals surface area contributed by atoms with E-state index in [1.807, 2.05) is 160 Å². The Kier molecular flexibility index (Phi) is 9.80. The number of pyridine rings is 1. The van der Waals surface area contributed by atoms with Crippen LogP contribution in [0.4, 0.5) is 11.4 Å². The smallest absolute Gasteiger partial charge is 0.135 e. The van der Waals surface area contributed by atoms with Crippen molar-refractivity contribution in [1.82, 2.24) is 14.1 Å². The Morgan fingerprint density at radius 1 is 0.592 bits per heavy atom. The number of para-hydroxylation sites is 2. The van der Waals surface area contributed by atoms with Crippen molar-refractivity contribution in [3.05, 3.63) is 211 Å². The Balaban J connectivity index is 0.00000784. The van der Waals surface area contributed by atoms with Gasteiger partial charge >= 0.3 is 0 Å². The molecule has 0 unspecified atom stereocenters. The molecule has 0 bridgehead atoms. The molecule has 12 rings (SSSR count). The van der Waals surface area contributed by atoms with Gasteiger partial charge in [0, 0.05) is 65.0 Å². The van der Waals surface area contributed by atoms with Gasteiger partial charge in [0.15, 0.2) is 0 Å². The number of anilines is 2. The zero-order valence-electron chi connectivity index (χ0n) is 54.8. The van der Waals surface area contributed by atoms with Gasteiger partial charge in [-0.25, -0.2) is 4.98 Å². The molecule has 0 N–H and O–H groups in total. The third kappa shape index (κ3) is 8.91. The molecular formula is C70H65N4OPt-3. The summed E-state index contributed by atoms with van der Waals surface area (Å²) in [6.45, 7) is 7.26. The molecule has 1 aliphatic rings. The van der Waals surface area contributed by atoms with Crippen LogP contribution in [0.3, 0.4) is 0 Å². The maximum absolute atomic E-state index is 9.99. The Morgan fingerprint density at radius 2 is 1.22 bits per heavy atom. The zero-order valence-corrected chi connectivity index (χ0v) is 46.1. The number of ether oxygens (including phenoxy) is 1. The molecule has 1 aliphatic heterocycles. The predicted octanol–water partition coefficient (Wildman–Crippen LogP) is 19.0. The van der Waals surface area contributed by atoms with E-state index in [0.29, 0.717) is 55.7 Å². The van der Waals surface area contributed by atoms with Gasteiger partial charge in [-0.15, -0.1) is 35.7 Å². The number of aromatic nitrogens is 3. The SMILES string of the molecule is [2H]C([2H])(c1ccc(-c2cc(C(C)(C)C)cc(C(C([2H])([2H])[2H])(C([2H])([2H])[2H])C([2H])([2H])[2H])c2)c2c1c1ccccc1c1ccccc1c1cccc3c1n2[CH-]N3c1[c-]c(Oc2[c-]c3c(cc2)c2ccccc2n3-c2cc(C(C)(C)C)ccn2)ccc1)C(C)C.[Pt]. The minimum atomic E-state index is -3.54. The second-order valence-corrected chi connectivity index (χ2v) is 22.2. The van der Waals surface area contributed by atoms with Crippen LogP contribution in [0.1, 0.15) is 113 Å². The maximum Gasteiger partial charge on any atom is 0.135 e. The van der Waals surface area contributed by atoms with Crippen LogP contribution < -0.4 is 9.64 Å². The van der Waals surface area contributed by atoms with Crippen molar-refractivity contribution in [2.75, 3.05) is 4.90 Å². The summed E-state index contributed by atoms with van der Waals surface area (Å²) in [6.07, 6.45) is -0.109. The number of benzene rings is 8. The quantitative estimate of drug-likeness (QED) is 0.149. The maximum atomic E-state index is 9.99. The number of rotatable bonds is 7. The van der Waals surface area contributed by atoms with Gasteiger partial charge in [-0.3, -0.25) is 0 Å². The monoisotopic (exact) mass is 1180 g/mol. The van der Waals surface area contributed by atoms with Crippen LogP contribution in [0.25, 0.3) is 82.1 Å². The molecule has 0 radical (unpaired) electrons. The minimum Gasteiger partial charge on any atom is -0.509 e. The van der Waals surface area contributed by atoms with E-state index in [0.717, 1.165) is 65.9 Å². The molecule has 0 spiro atoms. The summed E-state index contributed by atoms with van der Waals surface area (Å²) >= 11 is 0. The first-order valence-electron chi connectivity index (χ1n) is 31.1. The number of fused-ring (bicyclic) bond motifs is 10. The third-order valence-electron chi connectivity index (χ3n) is 14.5. The first-order valence-corrected chi connectivity index (χ1v) is 25.6. The van der Waals surface area contributed by atoms with Crippen LogP contribution >= 0.6 is 0 Å².